The minimum atomic E-state index is 0.326. The van der Waals surface area contributed by atoms with E-state index in [2.05, 4.69) is 24.1 Å². The lowest BCUT2D eigenvalue weighted by molar-refractivity contribution is 0.190. The fourth-order valence-electron chi connectivity index (χ4n) is 5.37. The highest BCUT2D eigenvalue weighted by Gasteiger charge is 2.66. The standard InChI is InChI=1S/C15H26N2/c1-15(2)9-17(7-3-6-16-15)14-12-10-4-5-11(8-10)13(12)14/h10-14,16H,3-9H2,1-2H3. The van der Waals surface area contributed by atoms with Crippen LogP contribution < -0.4 is 5.32 Å². The van der Waals surface area contributed by atoms with Crippen LogP contribution in [-0.2, 0) is 0 Å². The first kappa shape index (κ1) is 10.8. The lowest BCUT2D eigenvalue weighted by Gasteiger charge is -2.31. The number of rotatable bonds is 1. The second kappa shape index (κ2) is 3.48. The molecular weight excluding hydrogens is 208 g/mol. The molecule has 4 rings (SSSR count). The smallest absolute Gasteiger partial charge is 0.0252 e. The Morgan fingerprint density at radius 3 is 2.53 bits per heavy atom. The van der Waals surface area contributed by atoms with Crippen molar-refractivity contribution in [3.63, 3.8) is 0 Å². The summed E-state index contributed by atoms with van der Waals surface area (Å²) >= 11 is 0. The summed E-state index contributed by atoms with van der Waals surface area (Å²) < 4.78 is 0. The molecule has 17 heavy (non-hydrogen) atoms. The van der Waals surface area contributed by atoms with E-state index in [0.717, 1.165) is 29.7 Å². The first-order valence-corrected chi connectivity index (χ1v) is 7.65. The summed E-state index contributed by atoms with van der Waals surface area (Å²) in [5.74, 6) is 4.47. The summed E-state index contributed by atoms with van der Waals surface area (Å²) in [4.78, 5) is 2.85. The number of hydrogen-bond acceptors (Lipinski definition) is 2. The second-order valence-corrected chi connectivity index (χ2v) is 7.61. The average Bonchev–Trinajstić information content (AvgIpc) is 2.79. The van der Waals surface area contributed by atoms with Crippen LogP contribution in [0.1, 0.15) is 39.5 Å². The van der Waals surface area contributed by atoms with E-state index in [1.165, 1.54) is 26.1 Å². The predicted molar refractivity (Wildman–Crippen MR) is 69.9 cm³/mol. The molecule has 1 N–H and O–H groups in total. The van der Waals surface area contributed by atoms with Gasteiger partial charge in [-0.05, 0) is 76.3 Å². The minimum absolute atomic E-state index is 0.326. The fourth-order valence-corrected chi connectivity index (χ4v) is 5.37. The van der Waals surface area contributed by atoms with E-state index in [9.17, 15) is 0 Å². The van der Waals surface area contributed by atoms with Crippen LogP contribution in [0.4, 0.5) is 0 Å². The van der Waals surface area contributed by atoms with Crippen molar-refractivity contribution in [2.24, 2.45) is 23.7 Å². The molecule has 1 saturated heterocycles. The maximum atomic E-state index is 3.70. The quantitative estimate of drug-likeness (QED) is 0.747. The molecule has 96 valence electrons. The molecule has 2 heteroatoms. The van der Waals surface area contributed by atoms with Crippen LogP contribution >= 0.6 is 0 Å². The van der Waals surface area contributed by atoms with E-state index in [1.54, 1.807) is 19.3 Å². The fraction of sp³-hybridized carbons (Fsp3) is 1.00. The Morgan fingerprint density at radius 1 is 1.12 bits per heavy atom. The van der Waals surface area contributed by atoms with Gasteiger partial charge in [-0.15, -0.1) is 0 Å². The van der Waals surface area contributed by atoms with E-state index in [4.69, 9.17) is 0 Å². The molecule has 2 nitrogen and oxygen atoms in total. The summed E-state index contributed by atoms with van der Waals surface area (Å²) in [7, 11) is 0. The van der Waals surface area contributed by atoms with Crippen LogP contribution in [0.5, 0.6) is 0 Å². The third kappa shape index (κ3) is 1.60. The Balaban J connectivity index is 1.49. The Morgan fingerprint density at radius 2 is 1.82 bits per heavy atom. The Kier molecular flexibility index (Phi) is 2.21. The van der Waals surface area contributed by atoms with Crippen molar-refractivity contribution in [3.8, 4) is 0 Å². The van der Waals surface area contributed by atoms with Crippen molar-refractivity contribution in [3.05, 3.63) is 0 Å². The zero-order valence-electron chi connectivity index (χ0n) is 11.3. The van der Waals surface area contributed by atoms with Gasteiger partial charge in [-0.1, -0.05) is 0 Å². The van der Waals surface area contributed by atoms with Crippen LogP contribution in [0.2, 0.25) is 0 Å². The van der Waals surface area contributed by atoms with Crippen molar-refractivity contribution in [2.45, 2.75) is 51.1 Å². The number of fused-ring (bicyclic) bond motifs is 5. The molecule has 0 radical (unpaired) electrons. The van der Waals surface area contributed by atoms with Crippen LogP contribution in [0.15, 0.2) is 0 Å². The molecule has 2 bridgehead atoms. The van der Waals surface area contributed by atoms with Gasteiger partial charge >= 0.3 is 0 Å². The van der Waals surface area contributed by atoms with Gasteiger partial charge < -0.3 is 5.32 Å². The molecule has 0 aromatic rings. The molecule has 0 amide bonds. The maximum absolute atomic E-state index is 3.70. The SMILES string of the molecule is CC1(C)CN(C2C3C4CCC(C4)C32)CCCN1. The van der Waals surface area contributed by atoms with E-state index in [-0.39, 0.29) is 0 Å². The molecule has 4 aliphatic rings. The van der Waals surface area contributed by atoms with Crippen LogP contribution in [0, 0.1) is 23.7 Å². The van der Waals surface area contributed by atoms with Gasteiger partial charge in [0.1, 0.15) is 0 Å². The van der Waals surface area contributed by atoms with Crippen LogP contribution in [0.25, 0.3) is 0 Å². The second-order valence-electron chi connectivity index (χ2n) is 7.61. The van der Waals surface area contributed by atoms with E-state index >= 15 is 0 Å². The molecule has 4 fully saturated rings. The van der Waals surface area contributed by atoms with Crippen LogP contribution in [0.3, 0.4) is 0 Å². The lowest BCUT2D eigenvalue weighted by atomic mass is 10.0. The van der Waals surface area contributed by atoms with E-state index in [1.807, 2.05) is 0 Å². The molecule has 1 aliphatic heterocycles. The van der Waals surface area contributed by atoms with Crippen LogP contribution in [-0.4, -0.2) is 36.1 Å². The Labute approximate surface area is 105 Å². The zero-order valence-corrected chi connectivity index (χ0v) is 11.3. The normalized spacial score (nSPS) is 52.2. The van der Waals surface area contributed by atoms with Gasteiger partial charge in [-0.25, -0.2) is 0 Å². The van der Waals surface area contributed by atoms with E-state index < -0.39 is 0 Å². The first-order valence-electron chi connectivity index (χ1n) is 7.65. The Hall–Kier alpha value is -0.0800. The molecule has 1 heterocycles. The largest absolute Gasteiger partial charge is 0.310 e. The van der Waals surface area contributed by atoms with E-state index in [0.29, 0.717) is 5.54 Å². The highest BCUT2D eigenvalue weighted by molar-refractivity contribution is 5.18. The van der Waals surface area contributed by atoms with Gasteiger partial charge in [-0.2, -0.15) is 0 Å². The van der Waals surface area contributed by atoms with Crippen molar-refractivity contribution < 1.29 is 0 Å². The zero-order chi connectivity index (χ0) is 11.6. The monoisotopic (exact) mass is 234 g/mol. The van der Waals surface area contributed by atoms with Crippen molar-refractivity contribution in [1.29, 1.82) is 0 Å². The number of hydrogen-bond donors (Lipinski definition) is 1. The number of nitrogens with zero attached hydrogens (tertiary/aromatic N) is 1. The Bertz CT molecular complexity index is 309. The topological polar surface area (TPSA) is 15.3 Å². The molecular formula is C15H26N2. The summed E-state index contributed by atoms with van der Waals surface area (Å²) in [6.07, 6.45) is 6.03. The van der Waals surface area contributed by atoms with Gasteiger partial charge in [0.15, 0.2) is 0 Å². The molecule has 3 aliphatic carbocycles. The third-order valence-electron chi connectivity index (χ3n) is 5.94. The highest BCUT2D eigenvalue weighted by atomic mass is 15.3. The molecule has 0 aromatic heterocycles. The molecule has 0 aromatic carbocycles. The van der Waals surface area contributed by atoms with Gasteiger partial charge in [0.25, 0.3) is 0 Å². The van der Waals surface area contributed by atoms with Gasteiger partial charge in [0, 0.05) is 18.1 Å². The highest BCUT2D eigenvalue weighted by Crippen LogP contribution is 2.67. The lowest BCUT2D eigenvalue weighted by Crippen LogP contribution is -2.47. The first-order chi connectivity index (χ1) is 8.16. The summed E-state index contributed by atoms with van der Waals surface area (Å²) in [6, 6.07) is 0.987. The third-order valence-corrected chi connectivity index (χ3v) is 5.94. The average molecular weight is 234 g/mol. The summed E-state index contributed by atoms with van der Waals surface area (Å²) in [6.45, 7) is 8.56. The molecule has 3 saturated carbocycles. The maximum Gasteiger partial charge on any atom is 0.0252 e. The van der Waals surface area contributed by atoms with Crippen molar-refractivity contribution in [2.75, 3.05) is 19.6 Å². The predicted octanol–water partition coefficient (Wildman–Crippen LogP) is 2.10. The van der Waals surface area contributed by atoms with Gasteiger partial charge in [0.2, 0.25) is 0 Å². The summed E-state index contributed by atoms with van der Waals surface area (Å²) in [5, 5.41) is 3.70. The molecule has 4 unspecified atom stereocenters. The summed E-state index contributed by atoms with van der Waals surface area (Å²) in [5.41, 5.74) is 0.326. The minimum Gasteiger partial charge on any atom is -0.310 e. The number of nitrogens with one attached hydrogen (secondary N) is 1. The molecule has 4 atom stereocenters. The van der Waals surface area contributed by atoms with Gasteiger partial charge in [0.05, 0.1) is 0 Å². The molecule has 0 spiro atoms. The van der Waals surface area contributed by atoms with Gasteiger partial charge in [-0.3, -0.25) is 4.90 Å². The van der Waals surface area contributed by atoms with Crippen molar-refractivity contribution in [1.82, 2.24) is 10.2 Å². The van der Waals surface area contributed by atoms with Crippen molar-refractivity contribution >= 4 is 0 Å².